The van der Waals surface area contributed by atoms with Crippen molar-refractivity contribution < 1.29 is 14.3 Å². The number of ether oxygens (including phenoxy) is 2. The van der Waals surface area contributed by atoms with E-state index in [1.165, 1.54) is 5.56 Å². The smallest absolute Gasteiger partial charge is 0.251 e. The second kappa shape index (κ2) is 9.96. The SMILES string of the molecule is COc1cccc(CN2CCCC(NC(=O)c3ccc(N4CCOCC4)cc3)C2)c1. The second-order valence-electron chi connectivity index (χ2n) is 8.05. The lowest BCUT2D eigenvalue weighted by molar-refractivity contribution is 0.0900. The number of rotatable bonds is 6. The molecule has 2 aromatic carbocycles. The summed E-state index contributed by atoms with van der Waals surface area (Å²) in [6.45, 7) is 6.12. The van der Waals surface area contributed by atoms with Crippen LogP contribution in [0.15, 0.2) is 48.5 Å². The van der Waals surface area contributed by atoms with Crippen molar-refractivity contribution in [3.05, 3.63) is 59.7 Å². The lowest BCUT2D eigenvalue weighted by Crippen LogP contribution is -2.47. The highest BCUT2D eigenvalue weighted by Crippen LogP contribution is 2.19. The van der Waals surface area contributed by atoms with Gasteiger partial charge in [-0.25, -0.2) is 0 Å². The number of nitrogens with zero attached hydrogens (tertiary/aromatic N) is 2. The molecule has 2 fully saturated rings. The fraction of sp³-hybridized carbons (Fsp3) is 0.458. The zero-order chi connectivity index (χ0) is 20.8. The van der Waals surface area contributed by atoms with Gasteiger partial charge in [-0.3, -0.25) is 9.69 Å². The van der Waals surface area contributed by atoms with Crippen molar-refractivity contribution in [3.8, 4) is 5.75 Å². The predicted molar refractivity (Wildman–Crippen MR) is 118 cm³/mol. The summed E-state index contributed by atoms with van der Waals surface area (Å²) in [6, 6.07) is 16.3. The van der Waals surface area contributed by atoms with Gasteiger partial charge in [0.1, 0.15) is 5.75 Å². The maximum absolute atomic E-state index is 12.8. The topological polar surface area (TPSA) is 54.0 Å². The first kappa shape index (κ1) is 20.7. The Morgan fingerprint density at radius 3 is 2.70 bits per heavy atom. The van der Waals surface area contributed by atoms with E-state index in [0.717, 1.165) is 75.8 Å². The number of hydrogen-bond donors (Lipinski definition) is 1. The third-order valence-corrected chi connectivity index (χ3v) is 5.89. The Morgan fingerprint density at radius 2 is 1.93 bits per heavy atom. The summed E-state index contributed by atoms with van der Waals surface area (Å²) in [5.41, 5.74) is 3.11. The molecule has 6 heteroatoms. The summed E-state index contributed by atoms with van der Waals surface area (Å²) in [6.07, 6.45) is 2.11. The van der Waals surface area contributed by atoms with Crippen LogP contribution in [0, 0.1) is 0 Å². The van der Waals surface area contributed by atoms with E-state index in [1.54, 1.807) is 7.11 Å². The van der Waals surface area contributed by atoms with Crippen molar-refractivity contribution in [3.63, 3.8) is 0 Å². The van der Waals surface area contributed by atoms with Crippen LogP contribution in [0.2, 0.25) is 0 Å². The highest BCUT2D eigenvalue weighted by atomic mass is 16.5. The van der Waals surface area contributed by atoms with Crippen molar-refractivity contribution in [2.75, 3.05) is 51.4 Å². The van der Waals surface area contributed by atoms with Crippen LogP contribution >= 0.6 is 0 Å². The van der Waals surface area contributed by atoms with E-state index >= 15 is 0 Å². The molecule has 1 atom stereocenters. The Bertz CT molecular complexity index is 834. The van der Waals surface area contributed by atoms with Gasteiger partial charge >= 0.3 is 0 Å². The number of morpholine rings is 1. The van der Waals surface area contributed by atoms with E-state index in [0.29, 0.717) is 0 Å². The van der Waals surface area contributed by atoms with Crippen LogP contribution in [0.1, 0.15) is 28.8 Å². The third-order valence-electron chi connectivity index (χ3n) is 5.89. The van der Waals surface area contributed by atoms with E-state index in [2.05, 4.69) is 27.2 Å². The average Bonchev–Trinajstić information content (AvgIpc) is 2.80. The molecule has 30 heavy (non-hydrogen) atoms. The van der Waals surface area contributed by atoms with Crippen molar-refractivity contribution in [2.45, 2.75) is 25.4 Å². The van der Waals surface area contributed by atoms with Crippen molar-refractivity contribution in [1.29, 1.82) is 0 Å². The molecule has 0 aromatic heterocycles. The zero-order valence-corrected chi connectivity index (χ0v) is 17.7. The Kier molecular flexibility index (Phi) is 6.87. The van der Waals surface area contributed by atoms with Crippen LogP contribution in [0.5, 0.6) is 5.75 Å². The van der Waals surface area contributed by atoms with Gasteiger partial charge in [-0.1, -0.05) is 12.1 Å². The number of hydrogen-bond acceptors (Lipinski definition) is 5. The fourth-order valence-electron chi connectivity index (χ4n) is 4.26. The van der Waals surface area contributed by atoms with Crippen LogP contribution in [0.25, 0.3) is 0 Å². The van der Waals surface area contributed by atoms with Gasteiger partial charge < -0.3 is 19.7 Å². The number of methoxy groups -OCH3 is 1. The second-order valence-corrected chi connectivity index (χ2v) is 8.05. The molecule has 4 rings (SSSR count). The molecule has 6 nitrogen and oxygen atoms in total. The molecular weight excluding hydrogens is 378 g/mol. The van der Waals surface area contributed by atoms with Crippen LogP contribution in [-0.4, -0.2) is 63.4 Å². The van der Waals surface area contributed by atoms with E-state index in [9.17, 15) is 4.79 Å². The first-order valence-corrected chi connectivity index (χ1v) is 10.8. The molecule has 1 unspecified atom stereocenters. The molecule has 0 bridgehead atoms. The number of carbonyl (C=O) groups excluding carboxylic acids is 1. The standard InChI is InChI=1S/C24H31N3O3/c1-29-23-6-2-4-19(16-23)17-26-11-3-5-21(18-26)25-24(28)20-7-9-22(10-8-20)27-12-14-30-15-13-27/h2,4,6-10,16,21H,3,5,11-15,17-18H2,1H3,(H,25,28). The minimum absolute atomic E-state index is 0.0109. The number of likely N-dealkylation sites (tertiary alicyclic amines) is 1. The van der Waals surface area contributed by atoms with Gasteiger partial charge in [-0.05, 0) is 61.3 Å². The molecule has 1 N–H and O–H groups in total. The number of carbonyl (C=O) groups is 1. The average molecular weight is 410 g/mol. The Balaban J connectivity index is 1.31. The maximum Gasteiger partial charge on any atom is 0.251 e. The summed E-state index contributed by atoms with van der Waals surface area (Å²) in [5.74, 6) is 0.895. The van der Waals surface area contributed by atoms with E-state index < -0.39 is 0 Å². The van der Waals surface area contributed by atoms with E-state index in [4.69, 9.17) is 9.47 Å². The lowest BCUT2D eigenvalue weighted by atomic mass is 10.0. The largest absolute Gasteiger partial charge is 0.497 e. The fourth-order valence-corrected chi connectivity index (χ4v) is 4.26. The van der Waals surface area contributed by atoms with Crippen LogP contribution < -0.4 is 15.0 Å². The molecule has 1 amide bonds. The molecule has 160 valence electrons. The molecule has 2 aliphatic rings. The molecule has 2 saturated heterocycles. The van der Waals surface area contributed by atoms with Gasteiger partial charge in [-0.2, -0.15) is 0 Å². The van der Waals surface area contributed by atoms with Crippen molar-refractivity contribution >= 4 is 11.6 Å². The molecule has 2 aromatic rings. The highest BCUT2D eigenvalue weighted by molar-refractivity contribution is 5.94. The number of anilines is 1. The Labute approximate surface area is 178 Å². The van der Waals surface area contributed by atoms with Crippen LogP contribution in [0.4, 0.5) is 5.69 Å². The minimum Gasteiger partial charge on any atom is -0.497 e. The number of nitrogens with one attached hydrogen (secondary N) is 1. The predicted octanol–water partition coefficient (Wildman–Crippen LogP) is 2.93. The number of benzene rings is 2. The molecule has 0 spiro atoms. The number of piperidine rings is 1. The zero-order valence-electron chi connectivity index (χ0n) is 17.7. The van der Waals surface area contributed by atoms with Gasteiger partial charge in [-0.15, -0.1) is 0 Å². The minimum atomic E-state index is 0.0109. The first-order chi connectivity index (χ1) is 14.7. The molecular formula is C24H31N3O3. The van der Waals surface area contributed by atoms with Gasteiger partial charge in [0.15, 0.2) is 0 Å². The van der Waals surface area contributed by atoms with Crippen molar-refractivity contribution in [2.24, 2.45) is 0 Å². The molecule has 0 saturated carbocycles. The summed E-state index contributed by atoms with van der Waals surface area (Å²) in [4.78, 5) is 17.5. The Morgan fingerprint density at radius 1 is 1.13 bits per heavy atom. The van der Waals surface area contributed by atoms with E-state index in [-0.39, 0.29) is 11.9 Å². The normalized spacial score (nSPS) is 20.0. The van der Waals surface area contributed by atoms with E-state index in [1.807, 2.05) is 36.4 Å². The molecule has 0 aliphatic carbocycles. The quantitative estimate of drug-likeness (QED) is 0.795. The van der Waals surface area contributed by atoms with Gasteiger partial charge in [0, 0.05) is 43.5 Å². The lowest BCUT2D eigenvalue weighted by Gasteiger charge is -2.33. The summed E-state index contributed by atoms with van der Waals surface area (Å²) in [7, 11) is 1.69. The van der Waals surface area contributed by atoms with Crippen LogP contribution in [0.3, 0.4) is 0 Å². The molecule has 0 radical (unpaired) electrons. The summed E-state index contributed by atoms with van der Waals surface area (Å²) >= 11 is 0. The summed E-state index contributed by atoms with van der Waals surface area (Å²) < 4.78 is 10.7. The van der Waals surface area contributed by atoms with Gasteiger partial charge in [0.25, 0.3) is 5.91 Å². The Hall–Kier alpha value is -2.57. The molecule has 2 aliphatic heterocycles. The monoisotopic (exact) mass is 409 g/mol. The van der Waals surface area contributed by atoms with Gasteiger partial charge in [0.2, 0.25) is 0 Å². The maximum atomic E-state index is 12.8. The number of amides is 1. The first-order valence-electron chi connectivity index (χ1n) is 10.8. The van der Waals surface area contributed by atoms with Crippen LogP contribution in [-0.2, 0) is 11.3 Å². The highest BCUT2D eigenvalue weighted by Gasteiger charge is 2.22. The van der Waals surface area contributed by atoms with Gasteiger partial charge in [0.05, 0.1) is 20.3 Å². The van der Waals surface area contributed by atoms with Crippen molar-refractivity contribution in [1.82, 2.24) is 10.2 Å². The third kappa shape index (κ3) is 5.32. The summed E-state index contributed by atoms with van der Waals surface area (Å²) in [5, 5.41) is 3.23. The molecule has 2 heterocycles.